The minimum atomic E-state index is -0.992. The summed E-state index contributed by atoms with van der Waals surface area (Å²) < 4.78 is 5.83. The number of rotatable bonds is 5. The van der Waals surface area contributed by atoms with E-state index in [1.807, 2.05) is 19.1 Å². The number of carbonyl (C=O) groups excluding carboxylic acids is 1. The van der Waals surface area contributed by atoms with Crippen molar-refractivity contribution < 1.29 is 14.6 Å². The number of amides is 1. The standard InChI is InChI=1S/C22H26ClN3O3/c1-15-3-6-18(23)19(11-15)29-14-22(28)7-2-9-26(10-8-22)21(27)17-12-24-20(25-13-17)16-4-5-16/h3,6,11-13,16,28H,2,4-5,7-10,14H2,1H3. The van der Waals surface area contributed by atoms with E-state index in [1.54, 1.807) is 23.4 Å². The van der Waals surface area contributed by atoms with Gasteiger partial charge in [-0.15, -0.1) is 0 Å². The number of nitrogens with zero attached hydrogens (tertiary/aromatic N) is 3. The number of benzene rings is 1. The van der Waals surface area contributed by atoms with E-state index in [1.165, 1.54) is 0 Å². The molecule has 0 bridgehead atoms. The molecule has 1 unspecified atom stereocenters. The number of carbonyl (C=O) groups is 1. The second-order valence-electron chi connectivity index (χ2n) is 8.20. The van der Waals surface area contributed by atoms with Gasteiger partial charge in [0.2, 0.25) is 0 Å². The Kier molecular flexibility index (Phi) is 5.74. The predicted molar refractivity (Wildman–Crippen MR) is 110 cm³/mol. The van der Waals surface area contributed by atoms with E-state index in [-0.39, 0.29) is 12.5 Å². The Morgan fingerprint density at radius 1 is 1.28 bits per heavy atom. The number of hydrogen-bond donors (Lipinski definition) is 1. The van der Waals surface area contributed by atoms with Gasteiger partial charge in [-0.2, -0.15) is 0 Å². The van der Waals surface area contributed by atoms with E-state index in [0.29, 0.717) is 54.6 Å². The Bertz CT molecular complexity index is 885. The summed E-state index contributed by atoms with van der Waals surface area (Å²) in [5.74, 6) is 1.79. The fourth-order valence-electron chi connectivity index (χ4n) is 3.64. The molecule has 2 aromatic rings. The molecule has 1 aromatic heterocycles. The van der Waals surface area contributed by atoms with Gasteiger partial charge >= 0.3 is 0 Å². The molecular formula is C22H26ClN3O3. The van der Waals surface area contributed by atoms with E-state index < -0.39 is 5.60 Å². The van der Waals surface area contributed by atoms with Gasteiger partial charge in [-0.3, -0.25) is 4.79 Å². The SMILES string of the molecule is Cc1ccc(Cl)c(OCC2(O)CCCN(C(=O)c3cnc(C4CC4)nc3)CC2)c1. The van der Waals surface area contributed by atoms with Gasteiger partial charge in [-0.05, 0) is 56.7 Å². The number of aliphatic hydroxyl groups is 1. The Morgan fingerprint density at radius 2 is 2.03 bits per heavy atom. The molecule has 1 saturated heterocycles. The van der Waals surface area contributed by atoms with Gasteiger partial charge in [0.25, 0.3) is 5.91 Å². The number of aryl methyl sites for hydroxylation is 1. The average molecular weight is 416 g/mol. The summed E-state index contributed by atoms with van der Waals surface area (Å²) in [6.45, 7) is 3.17. The first kappa shape index (κ1) is 20.1. The highest BCUT2D eigenvalue weighted by molar-refractivity contribution is 6.32. The van der Waals surface area contributed by atoms with Crippen molar-refractivity contribution in [3.05, 3.63) is 52.6 Å². The summed E-state index contributed by atoms with van der Waals surface area (Å²) in [6.07, 6.45) is 7.24. The first-order valence-electron chi connectivity index (χ1n) is 10.2. The predicted octanol–water partition coefficient (Wildman–Crippen LogP) is 3.75. The van der Waals surface area contributed by atoms with Gasteiger partial charge in [-0.1, -0.05) is 17.7 Å². The molecule has 1 saturated carbocycles. The van der Waals surface area contributed by atoms with Gasteiger partial charge < -0.3 is 14.7 Å². The summed E-state index contributed by atoms with van der Waals surface area (Å²) >= 11 is 6.19. The number of ether oxygens (including phenoxy) is 1. The van der Waals surface area contributed by atoms with E-state index in [0.717, 1.165) is 24.2 Å². The summed E-state index contributed by atoms with van der Waals surface area (Å²) in [5, 5.41) is 11.5. The highest BCUT2D eigenvalue weighted by atomic mass is 35.5. The topological polar surface area (TPSA) is 75.6 Å². The molecule has 2 heterocycles. The maximum absolute atomic E-state index is 12.8. The summed E-state index contributed by atoms with van der Waals surface area (Å²) in [7, 11) is 0. The van der Waals surface area contributed by atoms with Crippen LogP contribution in [0, 0.1) is 6.92 Å². The Labute approximate surface area is 175 Å². The maximum atomic E-state index is 12.8. The monoisotopic (exact) mass is 415 g/mol. The average Bonchev–Trinajstić information content (AvgIpc) is 3.57. The zero-order valence-electron chi connectivity index (χ0n) is 16.6. The van der Waals surface area contributed by atoms with Crippen LogP contribution in [0.1, 0.15) is 59.8 Å². The summed E-state index contributed by atoms with van der Waals surface area (Å²) in [4.78, 5) is 23.3. The molecule has 29 heavy (non-hydrogen) atoms. The third kappa shape index (κ3) is 4.87. The fourth-order valence-corrected chi connectivity index (χ4v) is 3.82. The van der Waals surface area contributed by atoms with E-state index in [2.05, 4.69) is 9.97 Å². The fraction of sp³-hybridized carbons (Fsp3) is 0.500. The van der Waals surface area contributed by atoms with Crippen molar-refractivity contribution in [1.29, 1.82) is 0 Å². The number of halogens is 1. The lowest BCUT2D eigenvalue weighted by Gasteiger charge is -2.27. The lowest BCUT2D eigenvalue weighted by Crippen LogP contribution is -2.38. The molecule has 7 heteroatoms. The summed E-state index contributed by atoms with van der Waals surface area (Å²) in [5.41, 5.74) is 0.556. The normalized spacial score (nSPS) is 22.2. The van der Waals surface area contributed by atoms with E-state index in [4.69, 9.17) is 16.3 Å². The molecule has 0 spiro atoms. The van der Waals surface area contributed by atoms with Gasteiger partial charge in [0.15, 0.2) is 0 Å². The van der Waals surface area contributed by atoms with Crippen LogP contribution < -0.4 is 4.74 Å². The molecular weight excluding hydrogens is 390 g/mol. The highest BCUT2D eigenvalue weighted by Crippen LogP contribution is 2.37. The molecule has 1 amide bonds. The van der Waals surface area contributed by atoms with Crippen molar-refractivity contribution in [3.8, 4) is 5.75 Å². The molecule has 1 aromatic carbocycles. The van der Waals surface area contributed by atoms with Crippen LogP contribution in [0.25, 0.3) is 0 Å². The first-order chi connectivity index (χ1) is 13.9. The molecule has 1 N–H and O–H groups in total. The van der Waals surface area contributed by atoms with Crippen molar-refractivity contribution in [2.24, 2.45) is 0 Å². The minimum absolute atomic E-state index is 0.0840. The van der Waals surface area contributed by atoms with E-state index >= 15 is 0 Å². The lowest BCUT2D eigenvalue weighted by atomic mass is 9.96. The van der Waals surface area contributed by atoms with Crippen molar-refractivity contribution in [2.45, 2.75) is 50.5 Å². The van der Waals surface area contributed by atoms with Gasteiger partial charge in [0.05, 0.1) is 10.6 Å². The van der Waals surface area contributed by atoms with Crippen molar-refractivity contribution >= 4 is 17.5 Å². The zero-order valence-corrected chi connectivity index (χ0v) is 17.4. The molecule has 1 aliphatic carbocycles. The number of likely N-dealkylation sites (tertiary alicyclic amines) is 1. The largest absolute Gasteiger partial charge is 0.489 e. The second-order valence-corrected chi connectivity index (χ2v) is 8.60. The highest BCUT2D eigenvalue weighted by Gasteiger charge is 2.33. The lowest BCUT2D eigenvalue weighted by molar-refractivity contribution is -0.0163. The molecule has 6 nitrogen and oxygen atoms in total. The maximum Gasteiger partial charge on any atom is 0.256 e. The Hall–Kier alpha value is -2.18. The van der Waals surface area contributed by atoms with E-state index in [9.17, 15) is 9.90 Å². The van der Waals surface area contributed by atoms with Crippen LogP contribution in [-0.4, -0.2) is 51.2 Å². The molecule has 1 atom stereocenters. The molecule has 154 valence electrons. The van der Waals surface area contributed by atoms with Crippen LogP contribution in [0.5, 0.6) is 5.75 Å². The van der Waals surface area contributed by atoms with Crippen molar-refractivity contribution in [2.75, 3.05) is 19.7 Å². The molecule has 2 aliphatic rings. The van der Waals surface area contributed by atoms with Crippen LogP contribution in [0.15, 0.2) is 30.6 Å². The number of hydrogen-bond acceptors (Lipinski definition) is 5. The molecule has 2 fully saturated rings. The van der Waals surface area contributed by atoms with Crippen LogP contribution in [0.4, 0.5) is 0 Å². The summed E-state index contributed by atoms with van der Waals surface area (Å²) in [6, 6.07) is 5.57. The van der Waals surface area contributed by atoms with Crippen molar-refractivity contribution in [3.63, 3.8) is 0 Å². The second kappa shape index (κ2) is 8.28. The van der Waals surface area contributed by atoms with Crippen LogP contribution >= 0.6 is 11.6 Å². The first-order valence-corrected chi connectivity index (χ1v) is 10.5. The van der Waals surface area contributed by atoms with Crippen molar-refractivity contribution in [1.82, 2.24) is 14.9 Å². The minimum Gasteiger partial charge on any atom is -0.489 e. The smallest absolute Gasteiger partial charge is 0.256 e. The quantitative estimate of drug-likeness (QED) is 0.804. The molecule has 0 radical (unpaired) electrons. The number of aromatic nitrogens is 2. The van der Waals surface area contributed by atoms with Crippen LogP contribution in [-0.2, 0) is 0 Å². The van der Waals surface area contributed by atoms with Gasteiger partial charge in [-0.25, -0.2) is 9.97 Å². The third-order valence-electron chi connectivity index (χ3n) is 5.65. The zero-order chi connectivity index (χ0) is 20.4. The van der Waals surface area contributed by atoms with Gasteiger partial charge in [0, 0.05) is 31.4 Å². The Morgan fingerprint density at radius 3 is 2.76 bits per heavy atom. The molecule has 4 rings (SSSR count). The Balaban J connectivity index is 1.36. The van der Waals surface area contributed by atoms with Crippen LogP contribution in [0.3, 0.4) is 0 Å². The third-order valence-corrected chi connectivity index (χ3v) is 5.96. The van der Waals surface area contributed by atoms with Gasteiger partial charge in [0.1, 0.15) is 23.8 Å². The molecule has 1 aliphatic heterocycles. The van der Waals surface area contributed by atoms with Crippen LogP contribution in [0.2, 0.25) is 5.02 Å².